The van der Waals surface area contributed by atoms with Crippen molar-refractivity contribution < 1.29 is 17.9 Å². The average molecular weight is 453 g/mol. The molecule has 3 rings (SSSR count). The van der Waals surface area contributed by atoms with E-state index in [1.165, 1.54) is 31.4 Å². The molecule has 0 radical (unpaired) electrons. The Balaban J connectivity index is 1.93. The van der Waals surface area contributed by atoms with Gasteiger partial charge < -0.3 is 10.1 Å². The Morgan fingerprint density at radius 2 is 1.69 bits per heavy atom. The molecule has 0 spiro atoms. The van der Waals surface area contributed by atoms with Gasteiger partial charge in [0.05, 0.1) is 29.3 Å². The molecule has 0 saturated carbocycles. The maximum absolute atomic E-state index is 13.3. The van der Waals surface area contributed by atoms with E-state index in [1.807, 2.05) is 37.3 Å². The Bertz CT molecular complexity index is 1160. The number of sulfonamides is 1. The number of ether oxygens (including phenoxy) is 1. The van der Waals surface area contributed by atoms with Crippen molar-refractivity contribution in [3.05, 3.63) is 89.5 Å². The number of carbonyl (C=O) groups is 1. The number of amides is 1. The van der Waals surface area contributed by atoms with Crippen molar-refractivity contribution >= 4 is 21.6 Å². The van der Waals surface area contributed by atoms with E-state index in [-0.39, 0.29) is 28.1 Å². The molecule has 3 aromatic rings. The van der Waals surface area contributed by atoms with Crippen molar-refractivity contribution in [1.82, 2.24) is 5.32 Å². The predicted molar refractivity (Wildman–Crippen MR) is 127 cm³/mol. The minimum atomic E-state index is -3.87. The van der Waals surface area contributed by atoms with Gasteiger partial charge in [0.2, 0.25) is 0 Å². The van der Waals surface area contributed by atoms with Gasteiger partial charge in [-0.1, -0.05) is 61.4 Å². The van der Waals surface area contributed by atoms with Crippen molar-refractivity contribution in [3.8, 4) is 5.75 Å². The molecule has 1 amide bonds. The van der Waals surface area contributed by atoms with Gasteiger partial charge in [0.1, 0.15) is 5.75 Å². The highest BCUT2D eigenvalue weighted by atomic mass is 32.2. The number of methoxy groups -OCH3 is 1. The van der Waals surface area contributed by atoms with Crippen molar-refractivity contribution in [3.63, 3.8) is 0 Å². The molecule has 0 aromatic heterocycles. The third kappa shape index (κ3) is 5.68. The number of hydrogen-bond donors (Lipinski definition) is 2. The second kappa shape index (κ2) is 10.3. The Morgan fingerprint density at radius 3 is 2.31 bits per heavy atom. The van der Waals surface area contributed by atoms with Crippen LogP contribution in [0.15, 0.2) is 77.7 Å². The Hall–Kier alpha value is -3.32. The lowest BCUT2D eigenvalue weighted by Crippen LogP contribution is -2.29. The first-order chi connectivity index (χ1) is 15.3. The zero-order chi connectivity index (χ0) is 23.1. The molecule has 1 atom stereocenters. The summed E-state index contributed by atoms with van der Waals surface area (Å²) in [7, 11) is -2.37. The largest absolute Gasteiger partial charge is 0.497 e. The number of nitrogens with one attached hydrogen (secondary N) is 2. The van der Waals surface area contributed by atoms with Crippen LogP contribution in [-0.2, 0) is 10.0 Å². The summed E-state index contributed by atoms with van der Waals surface area (Å²) in [6.07, 6.45) is 1.63. The van der Waals surface area contributed by atoms with Gasteiger partial charge >= 0.3 is 0 Å². The molecule has 0 saturated heterocycles. The second-order valence-corrected chi connectivity index (χ2v) is 9.24. The summed E-state index contributed by atoms with van der Waals surface area (Å²) in [5.41, 5.74) is 2.33. The van der Waals surface area contributed by atoms with Crippen LogP contribution in [-0.4, -0.2) is 21.4 Å². The fourth-order valence-corrected chi connectivity index (χ4v) is 4.46. The van der Waals surface area contributed by atoms with E-state index in [2.05, 4.69) is 17.0 Å². The van der Waals surface area contributed by atoms with Gasteiger partial charge in [-0.3, -0.25) is 9.52 Å². The molecular weight excluding hydrogens is 424 g/mol. The SMILES string of the molecule is CCCC(NC(=O)c1cc(OC)ccc1NS(=O)(=O)c1ccc(C)cc1)c1ccccc1. The van der Waals surface area contributed by atoms with Gasteiger partial charge in [-0.2, -0.15) is 0 Å². The first-order valence-electron chi connectivity index (χ1n) is 10.5. The number of aryl methyl sites for hydroxylation is 1. The summed E-state index contributed by atoms with van der Waals surface area (Å²) in [5.74, 6) is 0.0768. The highest BCUT2D eigenvalue weighted by Gasteiger charge is 2.22. The maximum Gasteiger partial charge on any atom is 0.261 e. The summed E-state index contributed by atoms with van der Waals surface area (Å²) in [6.45, 7) is 3.93. The van der Waals surface area contributed by atoms with E-state index in [9.17, 15) is 13.2 Å². The van der Waals surface area contributed by atoms with Gasteiger partial charge in [-0.15, -0.1) is 0 Å². The summed E-state index contributed by atoms with van der Waals surface area (Å²) in [5, 5.41) is 3.05. The molecule has 7 heteroatoms. The van der Waals surface area contributed by atoms with Crippen LogP contribution in [0.2, 0.25) is 0 Å². The van der Waals surface area contributed by atoms with E-state index in [4.69, 9.17) is 4.74 Å². The first kappa shape index (κ1) is 23.3. The van der Waals surface area contributed by atoms with Crippen LogP contribution in [0.25, 0.3) is 0 Å². The molecule has 0 aliphatic carbocycles. The van der Waals surface area contributed by atoms with E-state index >= 15 is 0 Å². The van der Waals surface area contributed by atoms with E-state index in [0.29, 0.717) is 5.75 Å². The standard InChI is InChI=1S/C25H28N2O4S/c1-4-8-23(19-9-6-5-7-10-19)26-25(28)22-17-20(31-3)13-16-24(22)27-32(29,30)21-14-11-18(2)12-15-21/h5-7,9-17,23,27H,4,8H2,1-3H3,(H,26,28). The highest BCUT2D eigenvalue weighted by Crippen LogP contribution is 2.27. The molecule has 0 aliphatic heterocycles. The van der Waals surface area contributed by atoms with Gasteiger partial charge in [0.25, 0.3) is 15.9 Å². The molecule has 168 valence electrons. The zero-order valence-corrected chi connectivity index (χ0v) is 19.3. The number of anilines is 1. The lowest BCUT2D eigenvalue weighted by molar-refractivity contribution is 0.0935. The Kier molecular flexibility index (Phi) is 7.53. The zero-order valence-electron chi connectivity index (χ0n) is 18.5. The van der Waals surface area contributed by atoms with Crippen molar-refractivity contribution in [2.24, 2.45) is 0 Å². The average Bonchev–Trinajstić information content (AvgIpc) is 2.79. The quantitative estimate of drug-likeness (QED) is 0.474. The lowest BCUT2D eigenvalue weighted by Gasteiger charge is -2.20. The van der Waals surface area contributed by atoms with Gasteiger partial charge in [-0.05, 0) is 49.2 Å². The molecule has 0 bridgehead atoms. The topological polar surface area (TPSA) is 84.5 Å². The van der Waals surface area contributed by atoms with Crippen molar-refractivity contribution in [2.75, 3.05) is 11.8 Å². The van der Waals surface area contributed by atoms with Crippen LogP contribution in [0.1, 0.15) is 47.3 Å². The van der Waals surface area contributed by atoms with Crippen LogP contribution >= 0.6 is 0 Å². The number of benzene rings is 3. The van der Waals surface area contributed by atoms with Gasteiger partial charge in [-0.25, -0.2) is 8.42 Å². The minimum Gasteiger partial charge on any atom is -0.497 e. The smallest absolute Gasteiger partial charge is 0.261 e. The summed E-state index contributed by atoms with van der Waals surface area (Å²) >= 11 is 0. The van der Waals surface area contributed by atoms with Gasteiger partial charge in [0, 0.05) is 0 Å². The lowest BCUT2D eigenvalue weighted by atomic mass is 10.0. The molecule has 2 N–H and O–H groups in total. The Morgan fingerprint density at radius 1 is 1.00 bits per heavy atom. The van der Waals surface area contributed by atoms with Gasteiger partial charge in [0.15, 0.2) is 0 Å². The normalized spacial score (nSPS) is 12.1. The number of carbonyl (C=O) groups excluding carboxylic acids is 1. The molecule has 3 aromatic carbocycles. The van der Waals surface area contributed by atoms with E-state index in [0.717, 1.165) is 24.0 Å². The first-order valence-corrected chi connectivity index (χ1v) is 12.0. The number of rotatable bonds is 9. The van der Waals surface area contributed by atoms with Crippen molar-refractivity contribution in [2.45, 2.75) is 37.6 Å². The van der Waals surface area contributed by atoms with E-state index < -0.39 is 10.0 Å². The molecule has 0 fully saturated rings. The van der Waals surface area contributed by atoms with Crippen molar-refractivity contribution in [1.29, 1.82) is 0 Å². The molecule has 0 aliphatic rings. The summed E-state index contributed by atoms with van der Waals surface area (Å²) in [6, 6.07) is 20.7. The fraction of sp³-hybridized carbons (Fsp3) is 0.240. The fourth-order valence-electron chi connectivity index (χ4n) is 3.38. The highest BCUT2D eigenvalue weighted by molar-refractivity contribution is 7.92. The van der Waals surface area contributed by atoms with Crippen LogP contribution in [0.4, 0.5) is 5.69 Å². The Labute approximate surface area is 189 Å². The summed E-state index contributed by atoms with van der Waals surface area (Å²) < 4.78 is 33.7. The summed E-state index contributed by atoms with van der Waals surface area (Å²) in [4.78, 5) is 13.4. The van der Waals surface area contributed by atoms with Crippen LogP contribution in [0.3, 0.4) is 0 Å². The molecule has 32 heavy (non-hydrogen) atoms. The molecular formula is C25H28N2O4S. The predicted octanol–water partition coefficient (Wildman–Crippen LogP) is 5.08. The molecule has 1 unspecified atom stereocenters. The third-order valence-corrected chi connectivity index (χ3v) is 6.51. The second-order valence-electron chi connectivity index (χ2n) is 7.56. The monoisotopic (exact) mass is 452 g/mol. The molecule has 0 heterocycles. The van der Waals surface area contributed by atoms with Crippen LogP contribution < -0.4 is 14.8 Å². The minimum absolute atomic E-state index is 0.124. The van der Waals surface area contributed by atoms with Crippen LogP contribution in [0.5, 0.6) is 5.75 Å². The maximum atomic E-state index is 13.3. The number of hydrogen-bond acceptors (Lipinski definition) is 4. The third-order valence-electron chi connectivity index (χ3n) is 5.13. The van der Waals surface area contributed by atoms with E-state index in [1.54, 1.807) is 18.2 Å². The van der Waals surface area contributed by atoms with Crippen LogP contribution in [0, 0.1) is 6.92 Å². The molecule has 6 nitrogen and oxygen atoms in total.